The highest BCUT2D eigenvalue weighted by molar-refractivity contribution is 7.17. The third-order valence-electron chi connectivity index (χ3n) is 2.27. The van der Waals surface area contributed by atoms with Gasteiger partial charge < -0.3 is 16.2 Å². The first kappa shape index (κ1) is 14.1. The average molecular weight is 303 g/mol. The summed E-state index contributed by atoms with van der Waals surface area (Å²) in [5.41, 5.74) is 9.00. The van der Waals surface area contributed by atoms with Gasteiger partial charge in [-0.3, -0.25) is 4.79 Å². The van der Waals surface area contributed by atoms with Gasteiger partial charge in [0.15, 0.2) is 0 Å². The molecular weight excluding hydrogens is 295 g/mol. The zero-order valence-corrected chi connectivity index (χ0v) is 10.6. The van der Waals surface area contributed by atoms with Crippen LogP contribution in [0.1, 0.15) is 15.9 Å². The Morgan fingerprint density at radius 2 is 2.05 bits per heavy atom. The second-order valence-corrected chi connectivity index (χ2v) is 4.73. The number of alkyl halides is 3. The van der Waals surface area contributed by atoms with Gasteiger partial charge in [-0.15, -0.1) is 0 Å². The Bertz CT molecular complexity index is 655. The number of anilines is 1. The van der Waals surface area contributed by atoms with Gasteiger partial charge in [-0.2, -0.15) is 13.2 Å². The Kier molecular flexibility index (Phi) is 3.53. The average Bonchev–Trinajstić information content (AvgIpc) is 2.73. The van der Waals surface area contributed by atoms with Crippen LogP contribution in [0.15, 0.2) is 24.4 Å². The van der Waals surface area contributed by atoms with E-state index < -0.39 is 23.4 Å². The number of nitrogen functional groups attached to an aromatic ring is 1. The van der Waals surface area contributed by atoms with E-state index >= 15 is 0 Å². The molecule has 9 heteroatoms. The SMILES string of the molecule is NC(=O)c1ccc(Oc2ncc(N)s2)c(C(F)(F)F)c1. The Hall–Kier alpha value is -2.29. The number of hydrogen-bond donors (Lipinski definition) is 2. The second-order valence-electron chi connectivity index (χ2n) is 3.70. The molecule has 20 heavy (non-hydrogen) atoms. The molecule has 2 rings (SSSR count). The summed E-state index contributed by atoms with van der Waals surface area (Å²) in [5, 5.41) is 0.280. The largest absolute Gasteiger partial charge is 0.430 e. The summed E-state index contributed by atoms with van der Waals surface area (Å²) in [6.45, 7) is 0. The minimum absolute atomic E-state index is 0.0279. The lowest BCUT2D eigenvalue weighted by Crippen LogP contribution is -2.14. The van der Waals surface area contributed by atoms with Crippen LogP contribution in [0.5, 0.6) is 10.9 Å². The van der Waals surface area contributed by atoms with Crippen LogP contribution in [-0.4, -0.2) is 10.9 Å². The molecule has 0 atom stereocenters. The number of thiazole rings is 1. The van der Waals surface area contributed by atoms with Gasteiger partial charge in [0.05, 0.1) is 11.8 Å². The summed E-state index contributed by atoms with van der Waals surface area (Å²) < 4.78 is 43.8. The van der Waals surface area contributed by atoms with Crippen molar-refractivity contribution in [3.8, 4) is 10.9 Å². The lowest BCUT2D eigenvalue weighted by Gasteiger charge is -2.13. The number of nitrogens with zero attached hydrogens (tertiary/aromatic N) is 1. The fraction of sp³-hybridized carbons (Fsp3) is 0.0909. The standard InChI is InChI=1S/C11H8F3N3O2S/c12-11(13,14)6-3-5(9(16)18)1-2-7(6)19-10-17-4-8(15)20-10/h1-4H,15H2,(H2,16,18). The Balaban J connectivity index is 2.44. The van der Waals surface area contributed by atoms with E-state index in [1.54, 1.807) is 0 Å². The molecule has 1 heterocycles. The summed E-state index contributed by atoms with van der Waals surface area (Å²) >= 11 is 0.898. The van der Waals surface area contributed by atoms with Gasteiger partial charge in [-0.25, -0.2) is 4.98 Å². The van der Waals surface area contributed by atoms with E-state index in [4.69, 9.17) is 16.2 Å². The first-order chi connectivity index (χ1) is 9.27. The zero-order valence-electron chi connectivity index (χ0n) is 9.77. The molecule has 0 aliphatic rings. The minimum atomic E-state index is -4.69. The molecule has 2 aromatic rings. The molecule has 1 aromatic carbocycles. The van der Waals surface area contributed by atoms with Crippen molar-refractivity contribution in [3.05, 3.63) is 35.5 Å². The Morgan fingerprint density at radius 3 is 2.55 bits per heavy atom. The van der Waals surface area contributed by atoms with Crippen molar-refractivity contribution >= 4 is 22.2 Å². The van der Waals surface area contributed by atoms with Gasteiger partial charge in [0.1, 0.15) is 10.8 Å². The van der Waals surface area contributed by atoms with E-state index in [2.05, 4.69) is 4.98 Å². The first-order valence-electron chi connectivity index (χ1n) is 5.17. The van der Waals surface area contributed by atoms with E-state index in [1.165, 1.54) is 6.20 Å². The van der Waals surface area contributed by atoms with Crippen LogP contribution in [0.3, 0.4) is 0 Å². The van der Waals surface area contributed by atoms with E-state index in [9.17, 15) is 18.0 Å². The highest BCUT2D eigenvalue weighted by Crippen LogP contribution is 2.39. The summed E-state index contributed by atoms with van der Waals surface area (Å²) in [5.74, 6) is -1.43. The quantitative estimate of drug-likeness (QED) is 0.911. The number of aromatic nitrogens is 1. The number of primary amides is 1. The number of amides is 1. The molecular formula is C11H8F3N3O2S. The molecule has 0 aliphatic heterocycles. The van der Waals surface area contributed by atoms with E-state index in [0.717, 1.165) is 23.5 Å². The van der Waals surface area contributed by atoms with Crippen LogP contribution in [0.4, 0.5) is 18.2 Å². The molecule has 0 spiro atoms. The van der Waals surface area contributed by atoms with Crippen molar-refractivity contribution in [2.45, 2.75) is 6.18 Å². The van der Waals surface area contributed by atoms with Crippen molar-refractivity contribution in [3.63, 3.8) is 0 Å². The number of ether oxygens (including phenoxy) is 1. The Morgan fingerprint density at radius 1 is 1.35 bits per heavy atom. The van der Waals surface area contributed by atoms with Crippen molar-refractivity contribution in [1.82, 2.24) is 4.98 Å². The molecule has 0 saturated heterocycles. The minimum Gasteiger partial charge on any atom is -0.430 e. The molecule has 0 saturated carbocycles. The van der Waals surface area contributed by atoms with Gasteiger partial charge in [-0.05, 0) is 18.2 Å². The molecule has 0 bridgehead atoms. The smallest absolute Gasteiger partial charge is 0.420 e. The highest BCUT2D eigenvalue weighted by atomic mass is 32.1. The van der Waals surface area contributed by atoms with Gasteiger partial charge >= 0.3 is 6.18 Å². The van der Waals surface area contributed by atoms with Gasteiger partial charge in [0, 0.05) is 5.56 Å². The second kappa shape index (κ2) is 5.00. The number of carbonyl (C=O) groups is 1. The maximum Gasteiger partial charge on any atom is 0.420 e. The molecule has 0 unspecified atom stereocenters. The van der Waals surface area contributed by atoms with Crippen LogP contribution >= 0.6 is 11.3 Å². The summed E-state index contributed by atoms with van der Waals surface area (Å²) in [4.78, 5) is 14.6. The molecule has 4 N–H and O–H groups in total. The zero-order chi connectivity index (χ0) is 14.9. The fourth-order valence-electron chi connectivity index (χ4n) is 1.40. The van der Waals surface area contributed by atoms with Crippen LogP contribution in [0, 0.1) is 0 Å². The third-order valence-corrected chi connectivity index (χ3v) is 2.97. The van der Waals surface area contributed by atoms with Crippen molar-refractivity contribution < 1.29 is 22.7 Å². The van der Waals surface area contributed by atoms with E-state index in [0.29, 0.717) is 11.1 Å². The summed E-state index contributed by atoms with van der Waals surface area (Å²) in [7, 11) is 0. The van der Waals surface area contributed by atoms with Crippen LogP contribution in [0.25, 0.3) is 0 Å². The van der Waals surface area contributed by atoms with Crippen molar-refractivity contribution in [2.75, 3.05) is 5.73 Å². The molecule has 0 fully saturated rings. The number of rotatable bonds is 3. The normalized spacial score (nSPS) is 11.3. The number of carbonyl (C=O) groups excluding carboxylic acids is 1. The van der Waals surface area contributed by atoms with Crippen molar-refractivity contribution in [2.24, 2.45) is 5.73 Å². The van der Waals surface area contributed by atoms with Crippen LogP contribution in [0.2, 0.25) is 0 Å². The molecule has 1 aromatic heterocycles. The number of benzene rings is 1. The first-order valence-corrected chi connectivity index (χ1v) is 5.99. The third kappa shape index (κ3) is 2.99. The van der Waals surface area contributed by atoms with Crippen LogP contribution in [-0.2, 0) is 6.18 Å². The summed E-state index contributed by atoms with van der Waals surface area (Å²) in [6.07, 6.45) is -3.42. The highest BCUT2D eigenvalue weighted by Gasteiger charge is 2.35. The Labute approximate surface area is 115 Å². The molecule has 106 valence electrons. The lowest BCUT2D eigenvalue weighted by atomic mass is 10.1. The molecule has 1 amide bonds. The van der Waals surface area contributed by atoms with Crippen LogP contribution < -0.4 is 16.2 Å². The van der Waals surface area contributed by atoms with Gasteiger partial charge in [0.25, 0.3) is 5.19 Å². The summed E-state index contributed by atoms with van der Waals surface area (Å²) in [6, 6.07) is 2.79. The van der Waals surface area contributed by atoms with E-state index in [1.807, 2.05) is 0 Å². The number of halogens is 3. The predicted molar refractivity (Wildman–Crippen MR) is 66.6 cm³/mol. The van der Waals surface area contributed by atoms with Gasteiger partial charge in [0.2, 0.25) is 5.91 Å². The number of nitrogens with two attached hydrogens (primary N) is 2. The maximum atomic E-state index is 12.9. The maximum absolute atomic E-state index is 12.9. The van der Waals surface area contributed by atoms with Crippen molar-refractivity contribution in [1.29, 1.82) is 0 Å². The predicted octanol–water partition coefficient (Wildman–Crippen LogP) is 2.64. The fourth-order valence-corrected chi connectivity index (χ4v) is 1.95. The number of hydrogen-bond acceptors (Lipinski definition) is 5. The van der Waals surface area contributed by atoms with Gasteiger partial charge in [-0.1, -0.05) is 11.3 Å². The van der Waals surface area contributed by atoms with E-state index in [-0.39, 0.29) is 10.8 Å². The monoisotopic (exact) mass is 303 g/mol. The molecule has 5 nitrogen and oxygen atoms in total. The molecule has 0 aliphatic carbocycles. The lowest BCUT2D eigenvalue weighted by molar-refractivity contribution is -0.138. The topological polar surface area (TPSA) is 91.2 Å². The molecule has 0 radical (unpaired) electrons.